The summed E-state index contributed by atoms with van der Waals surface area (Å²) in [6.07, 6.45) is 2.08. The molecule has 5 nitrogen and oxygen atoms in total. The number of anilines is 1. The van der Waals surface area contributed by atoms with Crippen LogP contribution in [-0.4, -0.2) is 31.5 Å². The summed E-state index contributed by atoms with van der Waals surface area (Å²) in [4.78, 5) is 26.0. The molecule has 1 aliphatic heterocycles. The maximum atomic E-state index is 12.5. The molecule has 0 spiro atoms. The van der Waals surface area contributed by atoms with E-state index < -0.39 is 6.04 Å². The van der Waals surface area contributed by atoms with Gasteiger partial charge >= 0.3 is 0 Å². The van der Waals surface area contributed by atoms with Crippen molar-refractivity contribution in [1.82, 2.24) is 5.32 Å². The van der Waals surface area contributed by atoms with Crippen LogP contribution < -0.4 is 15.0 Å². The molecule has 0 radical (unpaired) electrons. The zero-order valence-electron chi connectivity index (χ0n) is 14.3. The minimum atomic E-state index is -0.439. The molecule has 3 rings (SSSR count). The second-order valence-corrected chi connectivity index (χ2v) is 6.07. The standard InChI is InChI=1S/C20H22N2O3/c1-25-17-11-9-16(10-12-17)22-19(23)14-18(20(22)24)21-13-5-8-15-6-3-2-4-7-15/h2-4,6-7,9-12,18,21H,5,8,13-14H2,1H3. The van der Waals surface area contributed by atoms with Gasteiger partial charge in [0, 0.05) is 0 Å². The van der Waals surface area contributed by atoms with Crippen LogP contribution in [0.3, 0.4) is 0 Å². The van der Waals surface area contributed by atoms with Gasteiger partial charge in [-0.05, 0) is 49.2 Å². The van der Waals surface area contributed by atoms with Gasteiger partial charge in [0.1, 0.15) is 5.75 Å². The monoisotopic (exact) mass is 338 g/mol. The Morgan fingerprint density at radius 1 is 1.08 bits per heavy atom. The molecule has 0 saturated carbocycles. The van der Waals surface area contributed by atoms with Gasteiger partial charge in [-0.3, -0.25) is 9.59 Å². The number of benzene rings is 2. The Kier molecular flexibility index (Phi) is 5.46. The van der Waals surface area contributed by atoms with Crippen LogP contribution in [-0.2, 0) is 16.0 Å². The number of methoxy groups -OCH3 is 1. The molecule has 0 aromatic heterocycles. The lowest BCUT2D eigenvalue weighted by Gasteiger charge is -2.16. The molecular weight excluding hydrogens is 316 g/mol. The van der Waals surface area contributed by atoms with Crippen LogP contribution >= 0.6 is 0 Å². The highest BCUT2D eigenvalue weighted by molar-refractivity contribution is 6.22. The van der Waals surface area contributed by atoms with Gasteiger partial charge in [-0.2, -0.15) is 0 Å². The van der Waals surface area contributed by atoms with Crippen molar-refractivity contribution in [1.29, 1.82) is 0 Å². The Balaban J connectivity index is 1.53. The minimum absolute atomic E-state index is 0.171. The molecule has 5 heteroatoms. The third-order valence-corrected chi connectivity index (χ3v) is 4.35. The Labute approximate surface area is 147 Å². The average Bonchev–Trinajstić information content (AvgIpc) is 2.93. The first kappa shape index (κ1) is 17.2. The summed E-state index contributed by atoms with van der Waals surface area (Å²) < 4.78 is 5.11. The fraction of sp³-hybridized carbons (Fsp3) is 0.300. The predicted octanol–water partition coefficient (Wildman–Crippen LogP) is 2.55. The Morgan fingerprint density at radius 2 is 1.80 bits per heavy atom. The molecule has 1 fully saturated rings. The molecule has 1 heterocycles. The molecule has 1 aliphatic rings. The van der Waals surface area contributed by atoms with Gasteiger partial charge in [-0.15, -0.1) is 0 Å². The number of amides is 2. The summed E-state index contributed by atoms with van der Waals surface area (Å²) in [6.45, 7) is 0.703. The van der Waals surface area contributed by atoms with Crippen molar-refractivity contribution in [3.63, 3.8) is 0 Å². The number of nitrogens with one attached hydrogen (secondary N) is 1. The maximum absolute atomic E-state index is 12.5. The van der Waals surface area contributed by atoms with E-state index in [2.05, 4.69) is 17.4 Å². The highest BCUT2D eigenvalue weighted by atomic mass is 16.5. The van der Waals surface area contributed by atoms with Crippen LogP contribution in [0.25, 0.3) is 0 Å². The van der Waals surface area contributed by atoms with Crippen LogP contribution in [0.4, 0.5) is 5.69 Å². The fourth-order valence-electron chi connectivity index (χ4n) is 3.01. The first-order chi connectivity index (χ1) is 12.2. The molecule has 130 valence electrons. The third kappa shape index (κ3) is 4.06. The highest BCUT2D eigenvalue weighted by Crippen LogP contribution is 2.25. The van der Waals surface area contributed by atoms with Gasteiger partial charge in [0.2, 0.25) is 5.91 Å². The van der Waals surface area contributed by atoms with E-state index in [0.29, 0.717) is 18.0 Å². The molecule has 25 heavy (non-hydrogen) atoms. The first-order valence-electron chi connectivity index (χ1n) is 8.47. The largest absolute Gasteiger partial charge is 0.497 e. The van der Waals surface area contributed by atoms with Crippen LogP contribution in [0.15, 0.2) is 54.6 Å². The number of carbonyl (C=O) groups excluding carboxylic acids is 2. The number of carbonyl (C=O) groups is 2. The molecule has 2 amide bonds. The number of aryl methyl sites for hydroxylation is 1. The van der Waals surface area contributed by atoms with E-state index in [1.807, 2.05) is 18.2 Å². The van der Waals surface area contributed by atoms with E-state index in [1.54, 1.807) is 31.4 Å². The summed E-state index contributed by atoms with van der Waals surface area (Å²) in [7, 11) is 1.58. The Morgan fingerprint density at radius 3 is 2.48 bits per heavy atom. The lowest BCUT2D eigenvalue weighted by atomic mass is 10.1. The van der Waals surface area contributed by atoms with E-state index in [9.17, 15) is 9.59 Å². The molecule has 1 atom stereocenters. The van der Waals surface area contributed by atoms with Crippen molar-refractivity contribution in [3.8, 4) is 5.75 Å². The topological polar surface area (TPSA) is 58.6 Å². The quantitative estimate of drug-likeness (QED) is 0.623. The summed E-state index contributed by atoms with van der Waals surface area (Å²) in [5, 5.41) is 3.22. The summed E-state index contributed by atoms with van der Waals surface area (Å²) >= 11 is 0. The smallest absolute Gasteiger partial charge is 0.251 e. The van der Waals surface area contributed by atoms with Gasteiger partial charge in [-0.1, -0.05) is 30.3 Å². The third-order valence-electron chi connectivity index (χ3n) is 4.35. The van der Waals surface area contributed by atoms with Gasteiger partial charge in [-0.25, -0.2) is 4.90 Å². The summed E-state index contributed by atoms with van der Waals surface area (Å²) in [5.74, 6) is 0.337. The zero-order valence-corrected chi connectivity index (χ0v) is 14.3. The Hall–Kier alpha value is -2.66. The van der Waals surface area contributed by atoms with Crippen molar-refractivity contribution < 1.29 is 14.3 Å². The molecule has 1 N–H and O–H groups in total. The molecule has 0 aliphatic carbocycles. The zero-order chi connectivity index (χ0) is 17.6. The molecule has 2 aromatic carbocycles. The second kappa shape index (κ2) is 7.94. The number of hydrogen-bond acceptors (Lipinski definition) is 4. The summed E-state index contributed by atoms with van der Waals surface area (Å²) in [6, 6.07) is 16.7. The van der Waals surface area contributed by atoms with Gasteiger partial charge < -0.3 is 10.1 Å². The molecular formula is C20H22N2O3. The number of imide groups is 1. The number of ether oxygens (including phenoxy) is 1. The number of nitrogens with zero attached hydrogens (tertiary/aromatic N) is 1. The Bertz CT molecular complexity index is 728. The van der Waals surface area contributed by atoms with Gasteiger partial charge in [0.25, 0.3) is 5.91 Å². The van der Waals surface area contributed by atoms with Gasteiger partial charge in [0.05, 0.1) is 25.3 Å². The maximum Gasteiger partial charge on any atom is 0.251 e. The van der Waals surface area contributed by atoms with E-state index in [0.717, 1.165) is 12.8 Å². The lowest BCUT2D eigenvalue weighted by Crippen LogP contribution is -2.39. The predicted molar refractivity (Wildman–Crippen MR) is 96.7 cm³/mol. The molecule has 1 saturated heterocycles. The highest BCUT2D eigenvalue weighted by Gasteiger charge is 2.39. The van der Waals surface area contributed by atoms with E-state index in [4.69, 9.17) is 4.74 Å². The number of hydrogen-bond donors (Lipinski definition) is 1. The van der Waals surface area contributed by atoms with Crippen molar-refractivity contribution in [2.75, 3.05) is 18.6 Å². The number of rotatable bonds is 7. The fourth-order valence-corrected chi connectivity index (χ4v) is 3.01. The minimum Gasteiger partial charge on any atom is -0.497 e. The summed E-state index contributed by atoms with van der Waals surface area (Å²) in [5.41, 5.74) is 1.86. The lowest BCUT2D eigenvalue weighted by molar-refractivity contribution is -0.121. The van der Waals surface area contributed by atoms with E-state index >= 15 is 0 Å². The first-order valence-corrected chi connectivity index (χ1v) is 8.47. The van der Waals surface area contributed by atoms with Crippen molar-refractivity contribution in [2.24, 2.45) is 0 Å². The van der Waals surface area contributed by atoms with Crippen LogP contribution in [0, 0.1) is 0 Å². The van der Waals surface area contributed by atoms with Crippen molar-refractivity contribution in [2.45, 2.75) is 25.3 Å². The molecule has 2 aromatic rings. The van der Waals surface area contributed by atoms with Crippen molar-refractivity contribution >= 4 is 17.5 Å². The SMILES string of the molecule is COc1ccc(N2C(=O)CC(NCCCc3ccccc3)C2=O)cc1. The van der Waals surface area contributed by atoms with Crippen LogP contribution in [0.1, 0.15) is 18.4 Å². The van der Waals surface area contributed by atoms with Crippen LogP contribution in [0.2, 0.25) is 0 Å². The van der Waals surface area contributed by atoms with Crippen LogP contribution in [0.5, 0.6) is 5.75 Å². The average molecular weight is 338 g/mol. The van der Waals surface area contributed by atoms with E-state index in [-0.39, 0.29) is 18.2 Å². The van der Waals surface area contributed by atoms with Gasteiger partial charge in [0.15, 0.2) is 0 Å². The van der Waals surface area contributed by atoms with Crippen molar-refractivity contribution in [3.05, 3.63) is 60.2 Å². The molecule has 0 bridgehead atoms. The van der Waals surface area contributed by atoms with E-state index in [1.165, 1.54) is 10.5 Å². The second-order valence-electron chi connectivity index (χ2n) is 6.07. The normalized spacial score (nSPS) is 17.2. The molecule has 1 unspecified atom stereocenters.